The van der Waals surface area contributed by atoms with Crippen LogP contribution in [-0.4, -0.2) is 47.4 Å². The first kappa shape index (κ1) is 23.5. The van der Waals surface area contributed by atoms with Crippen LogP contribution in [0.2, 0.25) is 0 Å². The minimum Gasteiger partial charge on any atom is -0.467 e. The monoisotopic (exact) mass is 461 g/mol. The van der Waals surface area contributed by atoms with Crippen molar-refractivity contribution in [2.24, 2.45) is 5.92 Å². The summed E-state index contributed by atoms with van der Waals surface area (Å²) >= 11 is 0. The molecule has 0 saturated carbocycles. The second-order valence-electron chi connectivity index (χ2n) is 9.22. The lowest BCUT2D eigenvalue weighted by Gasteiger charge is -2.26. The molecule has 2 amide bonds. The van der Waals surface area contributed by atoms with Gasteiger partial charge >= 0.3 is 5.97 Å². The summed E-state index contributed by atoms with van der Waals surface area (Å²) in [7, 11) is 1.32. The molecule has 7 nitrogen and oxygen atoms in total. The Kier molecular flexibility index (Phi) is 6.72. The molecule has 34 heavy (non-hydrogen) atoms. The minimum absolute atomic E-state index is 0.0865. The Hall–Kier alpha value is -3.61. The lowest BCUT2D eigenvalue weighted by atomic mass is 9.95. The molecule has 1 aliphatic rings. The molecular weight excluding hydrogens is 430 g/mol. The second kappa shape index (κ2) is 9.71. The van der Waals surface area contributed by atoms with E-state index in [1.54, 1.807) is 4.90 Å². The van der Waals surface area contributed by atoms with Crippen LogP contribution in [0.4, 0.5) is 0 Å². The molecule has 3 aromatic rings. The predicted molar refractivity (Wildman–Crippen MR) is 130 cm³/mol. The summed E-state index contributed by atoms with van der Waals surface area (Å²) in [6, 6.07) is 14.7. The van der Waals surface area contributed by atoms with Crippen LogP contribution in [0.15, 0.2) is 48.5 Å². The van der Waals surface area contributed by atoms with E-state index in [0.717, 1.165) is 27.7 Å². The zero-order valence-electron chi connectivity index (χ0n) is 20.1. The van der Waals surface area contributed by atoms with Gasteiger partial charge in [-0.1, -0.05) is 50.2 Å². The van der Waals surface area contributed by atoms with Gasteiger partial charge in [0.1, 0.15) is 6.04 Å². The number of fused-ring (bicyclic) bond motifs is 2. The molecule has 0 radical (unpaired) electrons. The number of hydrogen-bond donors (Lipinski definition) is 2. The van der Waals surface area contributed by atoms with E-state index in [9.17, 15) is 14.4 Å². The van der Waals surface area contributed by atoms with Crippen molar-refractivity contribution in [1.29, 1.82) is 0 Å². The maximum Gasteiger partial charge on any atom is 0.328 e. The highest BCUT2D eigenvalue weighted by Gasteiger charge is 2.39. The molecule has 2 atom stereocenters. The number of aryl methyl sites for hydroxylation is 1. The molecule has 0 unspecified atom stereocenters. The molecule has 0 spiro atoms. The molecule has 0 bridgehead atoms. The minimum atomic E-state index is -0.698. The molecule has 4 rings (SSSR count). The van der Waals surface area contributed by atoms with Gasteiger partial charge in [0.2, 0.25) is 5.91 Å². The SMILES string of the molecule is COC(=O)[C@@H](CC(C)C)NC(=O)CCN1C(=O)c2ccccc2[C@H]1c1c(C)[nH]c2ccccc12. The Morgan fingerprint density at radius 1 is 1.12 bits per heavy atom. The maximum absolute atomic E-state index is 13.4. The van der Waals surface area contributed by atoms with Crippen molar-refractivity contribution in [2.45, 2.75) is 45.7 Å². The lowest BCUT2D eigenvalue weighted by molar-refractivity contribution is -0.145. The number of amides is 2. The molecule has 2 N–H and O–H groups in total. The number of benzene rings is 2. The van der Waals surface area contributed by atoms with E-state index in [1.807, 2.05) is 63.2 Å². The second-order valence-corrected chi connectivity index (χ2v) is 9.22. The summed E-state index contributed by atoms with van der Waals surface area (Å²) in [5.74, 6) is -0.619. The standard InChI is InChI=1S/C27H31N3O4/c1-16(2)15-22(27(33)34-4)29-23(31)13-14-30-25(18-9-5-6-10-19(18)26(30)32)24-17(3)28-21-12-8-7-11-20(21)24/h5-12,16,22,25,28H,13-15H2,1-4H3,(H,29,31)/t22-,25+/m1/s1. The van der Waals surface area contributed by atoms with E-state index < -0.39 is 12.0 Å². The largest absolute Gasteiger partial charge is 0.467 e. The first-order chi connectivity index (χ1) is 16.3. The van der Waals surface area contributed by atoms with E-state index in [0.29, 0.717) is 12.0 Å². The number of rotatable bonds is 8. The molecule has 1 aliphatic heterocycles. The van der Waals surface area contributed by atoms with Gasteiger partial charge < -0.3 is 19.9 Å². The zero-order valence-corrected chi connectivity index (χ0v) is 20.1. The fraction of sp³-hybridized carbons (Fsp3) is 0.370. The summed E-state index contributed by atoms with van der Waals surface area (Å²) in [5.41, 5.74) is 4.64. The Morgan fingerprint density at radius 3 is 2.56 bits per heavy atom. The molecule has 1 aromatic heterocycles. The number of carbonyl (C=O) groups excluding carboxylic acids is 3. The van der Waals surface area contributed by atoms with Gasteiger partial charge in [0, 0.05) is 40.7 Å². The third-order valence-corrected chi connectivity index (χ3v) is 6.38. The summed E-state index contributed by atoms with van der Waals surface area (Å²) < 4.78 is 4.85. The van der Waals surface area contributed by atoms with Crippen LogP contribution < -0.4 is 5.32 Å². The van der Waals surface area contributed by atoms with Gasteiger partial charge in [-0.05, 0) is 37.0 Å². The Labute approximate surface area is 199 Å². The van der Waals surface area contributed by atoms with Gasteiger partial charge in [-0.2, -0.15) is 0 Å². The third kappa shape index (κ3) is 4.42. The van der Waals surface area contributed by atoms with Crippen molar-refractivity contribution in [3.63, 3.8) is 0 Å². The number of nitrogens with one attached hydrogen (secondary N) is 2. The van der Waals surface area contributed by atoms with Gasteiger partial charge in [-0.25, -0.2) is 4.79 Å². The topological polar surface area (TPSA) is 91.5 Å². The van der Waals surface area contributed by atoms with Gasteiger partial charge in [-0.15, -0.1) is 0 Å². The summed E-state index contributed by atoms with van der Waals surface area (Å²) in [6.07, 6.45) is 0.576. The average Bonchev–Trinajstić information content (AvgIpc) is 3.29. The molecule has 0 fully saturated rings. The Bertz CT molecular complexity index is 1230. The average molecular weight is 462 g/mol. The molecule has 7 heteroatoms. The van der Waals surface area contributed by atoms with E-state index in [1.165, 1.54) is 7.11 Å². The number of esters is 1. The van der Waals surface area contributed by atoms with Crippen LogP contribution in [-0.2, 0) is 14.3 Å². The quantitative estimate of drug-likeness (QED) is 0.494. The van der Waals surface area contributed by atoms with Gasteiger partial charge in [0.05, 0.1) is 13.2 Å². The number of carbonyl (C=O) groups is 3. The first-order valence-electron chi connectivity index (χ1n) is 11.7. The highest BCUT2D eigenvalue weighted by atomic mass is 16.5. The van der Waals surface area contributed by atoms with Crippen LogP contribution in [0, 0.1) is 12.8 Å². The molecule has 0 saturated heterocycles. The van der Waals surface area contributed by atoms with Crippen LogP contribution in [0.1, 0.15) is 59.9 Å². The van der Waals surface area contributed by atoms with Crippen molar-refractivity contribution in [3.8, 4) is 0 Å². The normalized spacial score (nSPS) is 16.1. The van der Waals surface area contributed by atoms with Crippen LogP contribution in [0.5, 0.6) is 0 Å². The number of ether oxygens (including phenoxy) is 1. The van der Waals surface area contributed by atoms with Gasteiger partial charge in [0.15, 0.2) is 0 Å². The lowest BCUT2D eigenvalue weighted by Crippen LogP contribution is -2.43. The first-order valence-corrected chi connectivity index (χ1v) is 11.7. The van der Waals surface area contributed by atoms with Crippen molar-refractivity contribution in [1.82, 2.24) is 15.2 Å². The maximum atomic E-state index is 13.4. The van der Waals surface area contributed by atoms with Crippen LogP contribution in [0.3, 0.4) is 0 Å². The van der Waals surface area contributed by atoms with Crippen molar-refractivity contribution in [3.05, 3.63) is 70.9 Å². The number of methoxy groups -OCH3 is 1. The molecule has 0 aliphatic carbocycles. The molecule has 2 aromatic carbocycles. The Morgan fingerprint density at radius 2 is 1.82 bits per heavy atom. The number of aromatic amines is 1. The molecular formula is C27H31N3O4. The van der Waals surface area contributed by atoms with Crippen molar-refractivity contribution in [2.75, 3.05) is 13.7 Å². The predicted octanol–water partition coefficient (Wildman–Crippen LogP) is 4.12. The number of hydrogen-bond acceptors (Lipinski definition) is 4. The molecule has 178 valence electrons. The van der Waals surface area contributed by atoms with Gasteiger partial charge in [0.25, 0.3) is 5.91 Å². The van der Waals surface area contributed by atoms with E-state index >= 15 is 0 Å². The Balaban J connectivity index is 1.60. The highest BCUT2D eigenvalue weighted by molar-refractivity contribution is 6.01. The summed E-state index contributed by atoms with van der Waals surface area (Å²) in [5, 5.41) is 3.85. The fourth-order valence-electron chi connectivity index (χ4n) is 4.88. The van der Waals surface area contributed by atoms with Gasteiger partial charge in [-0.3, -0.25) is 9.59 Å². The molecule has 2 heterocycles. The zero-order chi connectivity index (χ0) is 24.4. The number of aromatic nitrogens is 1. The number of nitrogens with zero attached hydrogens (tertiary/aromatic N) is 1. The van der Waals surface area contributed by atoms with Crippen molar-refractivity contribution >= 4 is 28.7 Å². The smallest absolute Gasteiger partial charge is 0.328 e. The highest BCUT2D eigenvalue weighted by Crippen LogP contribution is 2.42. The third-order valence-electron chi connectivity index (χ3n) is 6.38. The van der Waals surface area contributed by atoms with E-state index in [2.05, 4.69) is 16.4 Å². The van der Waals surface area contributed by atoms with E-state index in [4.69, 9.17) is 4.74 Å². The van der Waals surface area contributed by atoms with E-state index in [-0.39, 0.29) is 36.7 Å². The van der Waals surface area contributed by atoms with Crippen molar-refractivity contribution < 1.29 is 19.1 Å². The summed E-state index contributed by atoms with van der Waals surface area (Å²) in [4.78, 5) is 43.5. The number of H-pyrrole nitrogens is 1. The number of para-hydroxylation sites is 1. The summed E-state index contributed by atoms with van der Waals surface area (Å²) in [6.45, 7) is 6.21. The van der Waals surface area contributed by atoms with Crippen LogP contribution in [0.25, 0.3) is 10.9 Å². The van der Waals surface area contributed by atoms with Crippen LogP contribution >= 0.6 is 0 Å². The fourth-order valence-corrected chi connectivity index (χ4v) is 4.88.